The topological polar surface area (TPSA) is 100 Å². The number of hydrogen-bond donors (Lipinski definition) is 3. The predicted octanol–water partition coefficient (Wildman–Crippen LogP) is 1.62. The molecule has 0 atom stereocenters. The number of benzene rings is 1. The van der Waals surface area contributed by atoms with E-state index in [9.17, 15) is 9.59 Å². The van der Waals surface area contributed by atoms with Crippen molar-refractivity contribution in [1.82, 2.24) is 10.3 Å². The maximum atomic E-state index is 12.5. The summed E-state index contributed by atoms with van der Waals surface area (Å²) in [6.07, 6.45) is 3.92. The third kappa shape index (κ3) is 4.18. The number of carbonyl (C=O) groups excluding carboxylic acids is 2. The van der Waals surface area contributed by atoms with Crippen molar-refractivity contribution < 1.29 is 9.59 Å². The van der Waals surface area contributed by atoms with Gasteiger partial charge in [0.25, 0.3) is 11.8 Å². The summed E-state index contributed by atoms with van der Waals surface area (Å²) in [4.78, 5) is 31.3. The molecular formula is C19H23N5O2. The zero-order valence-corrected chi connectivity index (χ0v) is 14.6. The molecule has 0 radical (unpaired) electrons. The fourth-order valence-electron chi connectivity index (χ4n) is 2.92. The Bertz CT molecular complexity index is 770. The van der Waals surface area contributed by atoms with Crippen molar-refractivity contribution in [2.75, 3.05) is 36.4 Å². The Balaban J connectivity index is 1.70. The van der Waals surface area contributed by atoms with E-state index in [1.54, 1.807) is 36.5 Å². The predicted molar refractivity (Wildman–Crippen MR) is 101 cm³/mol. The van der Waals surface area contributed by atoms with Crippen LogP contribution in [0.15, 0.2) is 42.6 Å². The van der Waals surface area contributed by atoms with E-state index in [4.69, 9.17) is 5.73 Å². The Morgan fingerprint density at radius 1 is 1.08 bits per heavy atom. The average Bonchev–Trinajstić information content (AvgIpc) is 3.21. The van der Waals surface area contributed by atoms with E-state index in [2.05, 4.69) is 20.5 Å². The first-order valence-corrected chi connectivity index (χ1v) is 8.78. The molecule has 7 heteroatoms. The van der Waals surface area contributed by atoms with Crippen molar-refractivity contribution in [3.8, 4) is 0 Å². The molecule has 1 fully saturated rings. The van der Waals surface area contributed by atoms with Crippen molar-refractivity contribution in [1.29, 1.82) is 0 Å². The van der Waals surface area contributed by atoms with Crippen LogP contribution in [-0.4, -0.2) is 43.0 Å². The number of nitrogens with two attached hydrogens (primary N) is 1. The molecule has 26 heavy (non-hydrogen) atoms. The number of nitrogens with one attached hydrogen (secondary N) is 2. The van der Waals surface area contributed by atoms with Gasteiger partial charge in [0.2, 0.25) is 0 Å². The van der Waals surface area contributed by atoms with Crippen molar-refractivity contribution in [3.63, 3.8) is 0 Å². The molecule has 0 bridgehead atoms. The highest BCUT2D eigenvalue weighted by molar-refractivity contribution is 6.08. The Kier molecular flexibility index (Phi) is 5.80. The maximum absolute atomic E-state index is 12.5. The summed E-state index contributed by atoms with van der Waals surface area (Å²) < 4.78 is 0. The van der Waals surface area contributed by atoms with Gasteiger partial charge in [-0.1, -0.05) is 12.1 Å². The summed E-state index contributed by atoms with van der Waals surface area (Å²) in [6, 6.07) is 10.5. The molecule has 1 aliphatic rings. The molecule has 0 saturated carbocycles. The number of pyridine rings is 1. The van der Waals surface area contributed by atoms with Crippen LogP contribution in [0, 0.1) is 0 Å². The minimum Gasteiger partial charge on any atom is -0.357 e. The fourth-order valence-corrected chi connectivity index (χ4v) is 2.92. The number of anilines is 2. The van der Waals surface area contributed by atoms with Gasteiger partial charge in [-0.05, 0) is 37.1 Å². The van der Waals surface area contributed by atoms with Gasteiger partial charge in [0, 0.05) is 32.4 Å². The smallest absolute Gasteiger partial charge is 0.257 e. The molecule has 1 aromatic carbocycles. The van der Waals surface area contributed by atoms with E-state index < -0.39 is 0 Å². The summed E-state index contributed by atoms with van der Waals surface area (Å²) in [5.74, 6) is 0.319. The SMILES string of the molecule is NCCNC(=O)c1ccccc1NC(=O)c1ccc(N2CCCC2)nc1. The van der Waals surface area contributed by atoms with E-state index in [1.165, 1.54) is 12.8 Å². The van der Waals surface area contributed by atoms with Crippen LogP contribution in [0.2, 0.25) is 0 Å². The molecule has 0 spiro atoms. The Hall–Kier alpha value is -2.93. The van der Waals surface area contributed by atoms with E-state index in [0.29, 0.717) is 29.9 Å². The highest BCUT2D eigenvalue weighted by atomic mass is 16.2. The average molecular weight is 353 g/mol. The lowest BCUT2D eigenvalue weighted by Crippen LogP contribution is -2.30. The molecule has 0 unspecified atom stereocenters. The first-order chi connectivity index (χ1) is 12.7. The van der Waals surface area contributed by atoms with Crippen LogP contribution in [0.1, 0.15) is 33.6 Å². The first kappa shape index (κ1) is 17.9. The number of para-hydroxylation sites is 1. The monoisotopic (exact) mass is 353 g/mol. The molecule has 136 valence electrons. The van der Waals surface area contributed by atoms with Crippen molar-refractivity contribution in [2.45, 2.75) is 12.8 Å². The number of hydrogen-bond acceptors (Lipinski definition) is 5. The molecule has 1 saturated heterocycles. The number of aromatic nitrogens is 1. The quantitative estimate of drug-likeness (QED) is 0.733. The molecule has 2 heterocycles. The van der Waals surface area contributed by atoms with E-state index >= 15 is 0 Å². The highest BCUT2D eigenvalue weighted by Crippen LogP contribution is 2.19. The molecule has 2 amide bonds. The van der Waals surface area contributed by atoms with Gasteiger partial charge in [-0.15, -0.1) is 0 Å². The van der Waals surface area contributed by atoms with Crippen LogP contribution in [0.25, 0.3) is 0 Å². The third-order valence-corrected chi connectivity index (χ3v) is 4.29. The van der Waals surface area contributed by atoms with Gasteiger partial charge in [0.1, 0.15) is 5.82 Å². The van der Waals surface area contributed by atoms with Crippen molar-refractivity contribution >= 4 is 23.3 Å². The van der Waals surface area contributed by atoms with Crippen LogP contribution in [-0.2, 0) is 0 Å². The van der Waals surface area contributed by atoms with Crippen LogP contribution >= 0.6 is 0 Å². The van der Waals surface area contributed by atoms with Gasteiger partial charge in [-0.25, -0.2) is 4.98 Å². The number of amides is 2. The lowest BCUT2D eigenvalue weighted by Gasteiger charge is -2.16. The maximum Gasteiger partial charge on any atom is 0.257 e. The second-order valence-corrected chi connectivity index (χ2v) is 6.14. The van der Waals surface area contributed by atoms with E-state index in [0.717, 1.165) is 18.9 Å². The van der Waals surface area contributed by atoms with Gasteiger partial charge in [0.15, 0.2) is 0 Å². The Morgan fingerprint density at radius 3 is 2.54 bits per heavy atom. The number of carbonyl (C=O) groups is 2. The molecule has 2 aromatic rings. The van der Waals surface area contributed by atoms with Gasteiger partial charge in [0.05, 0.1) is 16.8 Å². The normalized spacial score (nSPS) is 13.5. The minimum absolute atomic E-state index is 0.270. The van der Waals surface area contributed by atoms with Crippen LogP contribution < -0.4 is 21.3 Å². The van der Waals surface area contributed by atoms with Crippen LogP contribution in [0.4, 0.5) is 11.5 Å². The Morgan fingerprint density at radius 2 is 1.85 bits per heavy atom. The van der Waals surface area contributed by atoms with E-state index in [1.807, 2.05) is 6.07 Å². The fraction of sp³-hybridized carbons (Fsp3) is 0.316. The second-order valence-electron chi connectivity index (χ2n) is 6.14. The Labute approximate surface area is 152 Å². The minimum atomic E-state index is -0.301. The van der Waals surface area contributed by atoms with Crippen molar-refractivity contribution in [2.24, 2.45) is 5.73 Å². The number of rotatable bonds is 6. The molecule has 0 aliphatic carbocycles. The summed E-state index contributed by atoms with van der Waals surface area (Å²) in [7, 11) is 0. The zero-order chi connectivity index (χ0) is 18.4. The molecule has 1 aromatic heterocycles. The summed E-state index contributed by atoms with van der Waals surface area (Å²) in [5.41, 5.74) is 6.71. The summed E-state index contributed by atoms with van der Waals surface area (Å²) >= 11 is 0. The summed E-state index contributed by atoms with van der Waals surface area (Å²) in [5, 5.41) is 5.50. The summed E-state index contributed by atoms with van der Waals surface area (Å²) in [6.45, 7) is 2.74. The largest absolute Gasteiger partial charge is 0.357 e. The number of nitrogens with zero attached hydrogens (tertiary/aromatic N) is 2. The third-order valence-electron chi connectivity index (χ3n) is 4.29. The van der Waals surface area contributed by atoms with Gasteiger partial charge < -0.3 is 21.3 Å². The lowest BCUT2D eigenvalue weighted by atomic mass is 10.1. The standard InChI is InChI=1S/C19H23N5O2/c20-9-10-21-19(26)15-5-1-2-6-16(15)23-18(25)14-7-8-17(22-13-14)24-11-3-4-12-24/h1-2,5-8,13H,3-4,9-12,20H2,(H,21,26)(H,23,25). The first-order valence-electron chi connectivity index (χ1n) is 8.78. The van der Waals surface area contributed by atoms with E-state index in [-0.39, 0.29) is 11.8 Å². The lowest BCUT2D eigenvalue weighted by molar-refractivity contribution is 0.0955. The zero-order valence-electron chi connectivity index (χ0n) is 14.6. The van der Waals surface area contributed by atoms with Gasteiger partial charge in [-0.3, -0.25) is 9.59 Å². The van der Waals surface area contributed by atoms with Crippen LogP contribution in [0.3, 0.4) is 0 Å². The van der Waals surface area contributed by atoms with Crippen LogP contribution in [0.5, 0.6) is 0 Å². The molecular weight excluding hydrogens is 330 g/mol. The molecule has 3 rings (SSSR count). The van der Waals surface area contributed by atoms with Gasteiger partial charge in [-0.2, -0.15) is 0 Å². The molecule has 7 nitrogen and oxygen atoms in total. The van der Waals surface area contributed by atoms with Gasteiger partial charge >= 0.3 is 0 Å². The molecule has 1 aliphatic heterocycles. The second kappa shape index (κ2) is 8.44. The van der Waals surface area contributed by atoms with Crippen molar-refractivity contribution in [3.05, 3.63) is 53.7 Å². The highest BCUT2D eigenvalue weighted by Gasteiger charge is 2.16. The molecule has 4 N–H and O–H groups in total.